The van der Waals surface area contributed by atoms with Crippen LogP contribution in [0.1, 0.15) is 33.8 Å². The van der Waals surface area contributed by atoms with Gasteiger partial charge in [-0.15, -0.1) is 10.2 Å². The highest BCUT2D eigenvalue weighted by molar-refractivity contribution is 6.00. The number of alkyl halides is 2. The predicted molar refractivity (Wildman–Crippen MR) is 118 cm³/mol. The summed E-state index contributed by atoms with van der Waals surface area (Å²) in [6.07, 6.45) is 0.296. The fourth-order valence-corrected chi connectivity index (χ4v) is 3.25. The summed E-state index contributed by atoms with van der Waals surface area (Å²) in [5.74, 6) is -1.09. The van der Waals surface area contributed by atoms with Crippen LogP contribution in [0.25, 0.3) is 11.4 Å². The Hall–Kier alpha value is -4.20. The summed E-state index contributed by atoms with van der Waals surface area (Å²) in [7, 11) is 3.05. The van der Waals surface area contributed by atoms with Crippen molar-refractivity contribution in [1.82, 2.24) is 30.3 Å². The van der Waals surface area contributed by atoms with Crippen molar-refractivity contribution in [1.29, 1.82) is 0 Å². The Labute approximate surface area is 198 Å². The van der Waals surface area contributed by atoms with E-state index in [1.807, 2.05) is 0 Å². The Morgan fingerprint density at radius 2 is 2.06 bits per heavy atom. The van der Waals surface area contributed by atoms with Gasteiger partial charge in [-0.25, -0.2) is 18.8 Å². The maximum atomic E-state index is 13.2. The third-order valence-corrected chi connectivity index (χ3v) is 4.96. The van der Waals surface area contributed by atoms with Gasteiger partial charge in [0.1, 0.15) is 24.3 Å². The van der Waals surface area contributed by atoms with E-state index in [-0.39, 0.29) is 28.9 Å². The number of aromatic nitrogens is 5. The quantitative estimate of drug-likeness (QED) is 0.406. The Morgan fingerprint density at radius 1 is 1.29 bits per heavy atom. The standard InChI is InChI=1S/C21H22F2N8O4/c1-30-10-25-20(29-30)12-4-3-5-14(18(12)34-2)31(35-9-16(22)23)15-8-13(21(33)26-11-6-7-11)27-28-17(15)19(24)32/h3-5,8,10-11,16H,6-7,9H2,1-2H3,(H2,24,32)(H,26,33). The molecule has 1 fully saturated rings. The number of nitrogens with two attached hydrogens (primary N) is 1. The van der Waals surface area contributed by atoms with Crippen molar-refractivity contribution in [3.63, 3.8) is 0 Å². The average Bonchev–Trinajstić information content (AvgIpc) is 3.54. The van der Waals surface area contributed by atoms with Crippen LogP contribution in [0.2, 0.25) is 0 Å². The number of benzene rings is 1. The van der Waals surface area contributed by atoms with E-state index in [0.29, 0.717) is 11.4 Å². The molecule has 184 valence electrons. The average molecular weight is 488 g/mol. The molecule has 0 unspecified atom stereocenters. The highest BCUT2D eigenvalue weighted by Crippen LogP contribution is 2.41. The molecule has 1 aromatic carbocycles. The van der Waals surface area contributed by atoms with Crippen molar-refractivity contribution in [2.45, 2.75) is 25.3 Å². The van der Waals surface area contributed by atoms with Crippen LogP contribution in [0, 0.1) is 0 Å². The van der Waals surface area contributed by atoms with Gasteiger partial charge in [-0.3, -0.25) is 19.1 Å². The summed E-state index contributed by atoms with van der Waals surface area (Å²) in [4.78, 5) is 34.3. The van der Waals surface area contributed by atoms with Gasteiger partial charge in [-0.2, -0.15) is 5.10 Å². The molecule has 2 aromatic heterocycles. The van der Waals surface area contributed by atoms with E-state index >= 15 is 0 Å². The number of nitrogens with one attached hydrogen (secondary N) is 1. The highest BCUT2D eigenvalue weighted by Gasteiger charge is 2.29. The summed E-state index contributed by atoms with van der Waals surface area (Å²) in [6.45, 7) is -1.04. The molecule has 35 heavy (non-hydrogen) atoms. The maximum Gasteiger partial charge on any atom is 0.272 e. The molecule has 12 nitrogen and oxygen atoms in total. The number of anilines is 2. The molecule has 3 N–H and O–H groups in total. The van der Waals surface area contributed by atoms with Crippen LogP contribution in [0.4, 0.5) is 20.2 Å². The third kappa shape index (κ3) is 5.32. The van der Waals surface area contributed by atoms with Gasteiger partial charge in [0.05, 0.1) is 12.7 Å². The van der Waals surface area contributed by atoms with Crippen molar-refractivity contribution in [2.75, 3.05) is 18.8 Å². The van der Waals surface area contributed by atoms with Gasteiger partial charge in [-0.1, -0.05) is 6.07 Å². The summed E-state index contributed by atoms with van der Waals surface area (Å²) in [5, 5.41) is 15.5. The molecule has 1 aliphatic rings. The second kappa shape index (κ2) is 9.97. The van der Waals surface area contributed by atoms with E-state index in [2.05, 4.69) is 25.6 Å². The summed E-state index contributed by atoms with van der Waals surface area (Å²) < 4.78 is 33.4. The summed E-state index contributed by atoms with van der Waals surface area (Å²) >= 11 is 0. The van der Waals surface area contributed by atoms with Gasteiger partial charge in [0, 0.05) is 13.1 Å². The molecule has 1 aliphatic carbocycles. The molecule has 3 aromatic rings. The lowest BCUT2D eigenvalue weighted by molar-refractivity contribution is 0.0168. The number of ether oxygens (including phenoxy) is 1. The number of primary amides is 1. The minimum atomic E-state index is -2.85. The molecule has 4 rings (SSSR count). The third-order valence-electron chi connectivity index (χ3n) is 4.96. The van der Waals surface area contributed by atoms with Gasteiger partial charge < -0.3 is 15.8 Å². The molecule has 0 atom stereocenters. The number of nitrogens with zero attached hydrogens (tertiary/aromatic N) is 6. The first-order valence-electron chi connectivity index (χ1n) is 10.5. The molecular weight excluding hydrogens is 466 g/mol. The number of carbonyl (C=O) groups excluding carboxylic acids is 2. The lowest BCUT2D eigenvalue weighted by Crippen LogP contribution is -2.30. The predicted octanol–water partition coefficient (Wildman–Crippen LogP) is 1.61. The first kappa shape index (κ1) is 23.9. The van der Waals surface area contributed by atoms with Gasteiger partial charge in [-0.05, 0) is 31.0 Å². The van der Waals surface area contributed by atoms with Crippen LogP contribution in [0.5, 0.6) is 5.75 Å². The number of hydrogen-bond acceptors (Lipinski definition) is 9. The molecule has 1 saturated carbocycles. The fourth-order valence-electron chi connectivity index (χ4n) is 3.25. The van der Waals surface area contributed by atoms with E-state index in [1.165, 1.54) is 30.3 Å². The van der Waals surface area contributed by atoms with Crippen molar-refractivity contribution >= 4 is 23.2 Å². The minimum absolute atomic E-state index is 0.0254. The summed E-state index contributed by atoms with van der Waals surface area (Å²) in [6, 6.07) is 5.99. The molecule has 14 heteroatoms. The molecule has 0 spiro atoms. The van der Waals surface area contributed by atoms with Gasteiger partial charge in [0.2, 0.25) is 0 Å². The van der Waals surface area contributed by atoms with Gasteiger partial charge in [0.15, 0.2) is 23.0 Å². The van der Waals surface area contributed by atoms with Crippen molar-refractivity contribution in [2.24, 2.45) is 12.8 Å². The van der Waals surface area contributed by atoms with E-state index in [1.54, 1.807) is 19.2 Å². The highest BCUT2D eigenvalue weighted by atomic mass is 19.3. The lowest BCUT2D eigenvalue weighted by Gasteiger charge is -2.27. The zero-order valence-electron chi connectivity index (χ0n) is 18.8. The number of methoxy groups -OCH3 is 1. The van der Waals surface area contributed by atoms with Crippen LogP contribution in [0.15, 0.2) is 30.6 Å². The first-order valence-corrected chi connectivity index (χ1v) is 10.5. The normalized spacial score (nSPS) is 13.1. The largest absolute Gasteiger partial charge is 0.494 e. The van der Waals surface area contributed by atoms with Crippen LogP contribution in [-0.4, -0.2) is 63.0 Å². The Morgan fingerprint density at radius 3 is 2.66 bits per heavy atom. The molecule has 0 radical (unpaired) electrons. The molecular formula is C21H22F2N8O4. The molecule has 0 saturated heterocycles. The topological polar surface area (TPSA) is 150 Å². The Bertz CT molecular complexity index is 1250. The first-order chi connectivity index (χ1) is 16.8. The molecule has 2 heterocycles. The van der Waals surface area contributed by atoms with E-state index in [9.17, 15) is 18.4 Å². The minimum Gasteiger partial charge on any atom is -0.494 e. The monoisotopic (exact) mass is 488 g/mol. The number of aryl methyl sites for hydroxylation is 1. The molecule has 0 bridgehead atoms. The second-order valence-corrected chi connectivity index (χ2v) is 7.66. The maximum absolute atomic E-state index is 13.2. The number of hydrogen-bond donors (Lipinski definition) is 2. The van der Waals surface area contributed by atoms with Crippen LogP contribution < -0.4 is 20.9 Å². The van der Waals surface area contributed by atoms with Crippen LogP contribution in [0.3, 0.4) is 0 Å². The van der Waals surface area contributed by atoms with E-state index < -0.39 is 30.5 Å². The molecule has 0 aliphatic heterocycles. The van der Waals surface area contributed by atoms with Crippen LogP contribution in [-0.2, 0) is 11.9 Å². The summed E-state index contributed by atoms with van der Waals surface area (Å²) in [5.41, 5.74) is 5.29. The number of para-hydroxylation sites is 1. The van der Waals surface area contributed by atoms with E-state index in [0.717, 1.165) is 17.9 Å². The number of rotatable bonds is 10. The van der Waals surface area contributed by atoms with E-state index in [4.69, 9.17) is 15.3 Å². The number of halogens is 2. The fraction of sp³-hybridized carbons (Fsp3) is 0.333. The van der Waals surface area contributed by atoms with Gasteiger partial charge >= 0.3 is 0 Å². The molecule has 2 amide bonds. The number of carbonyl (C=O) groups is 2. The zero-order chi connectivity index (χ0) is 25.1. The second-order valence-electron chi connectivity index (χ2n) is 7.66. The zero-order valence-corrected chi connectivity index (χ0v) is 18.8. The van der Waals surface area contributed by atoms with Gasteiger partial charge in [0.25, 0.3) is 18.2 Å². The smallest absolute Gasteiger partial charge is 0.272 e. The Kier molecular flexibility index (Phi) is 6.82. The van der Waals surface area contributed by atoms with Crippen LogP contribution >= 0.6 is 0 Å². The Balaban J connectivity index is 1.86. The SMILES string of the molecule is COc1c(-c2ncn(C)n2)cccc1N(OCC(F)F)c1cc(C(=O)NC2CC2)nnc1C(N)=O. The van der Waals surface area contributed by atoms with Crippen molar-refractivity contribution < 1.29 is 27.9 Å². The van der Waals surface area contributed by atoms with Crippen molar-refractivity contribution in [3.05, 3.63) is 42.0 Å². The number of amides is 2. The lowest BCUT2D eigenvalue weighted by atomic mass is 10.1. The van der Waals surface area contributed by atoms with Crippen molar-refractivity contribution in [3.8, 4) is 17.1 Å².